The van der Waals surface area contributed by atoms with E-state index in [-0.39, 0.29) is 16.3 Å². The molecule has 106 valence electrons. The fraction of sp³-hybridized carbons (Fsp3) is 0.455. The van der Waals surface area contributed by atoms with Crippen LogP contribution in [0.25, 0.3) is 0 Å². The number of unbranched alkanes of at least 4 members (excludes halogenated alkanes) is 1. The number of carboxylic acids is 1. The van der Waals surface area contributed by atoms with E-state index in [0.29, 0.717) is 6.42 Å². The molecule has 0 radical (unpaired) electrons. The lowest BCUT2D eigenvalue weighted by molar-refractivity contribution is -0.139. The molecule has 0 saturated carbocycles. The summed E-state index contributed by atoms with van der Waals surface area (Å²) >= 11 is 5.66. The van der Waals surface area contributed by atoms with E-state index in [1.807, 2.05) is 6.92 Å². The van der Waals surface area contributed by atoms with Gasteiger partial charge in [-0.05, 0) is 12.5 Å². The summed E-state index contributed by atoms with van der Waals surface area (Å²) in [6.07, 6.45) is 4.05. The minimum Gasteiger partial charge on any atom is -0.480 e. The summed E-state index contributed by atoms with van der Waals surface area (Å²) in [6.45, 7) is 1.90. The van der Waals surface area contributed by atoms with Gasteiger partial charge in [0.05, 0.1) is 5.02 Å². The molecule has 1 rings (SSSR count). The predicted octanol–water partition coefficient (Wildman–Crippen LogP) is 1.66. The van der Waals surface area contributed by atoms with Crippen molar-refractivity contribution in [3.05, 3.63) is 23.5 Å². The average molecular weight is 307 g/mol. The Morgan fingerprint density at radius 1 is 1.53 bits per heavy atom. The molecule has 0 aliphatic carbocycles. The Morgan fingerprint density at radius 3 is 2.74 bits per heavy atom. The number of aliphatic carboxylic acids is 1. The lowest BCUT2D eigenvalue weighted by atomic mass is 10.1. The zero-order chi connectivity index (χ0) is 14.5. The largest absolute Gasteiger partial charge is 0.480 e. The fourth-order valence-corrected chi connectivity index (χ4v) is 2.89. The van der Waals surface area contributed by atoms with E-state index in [1.165, 1.54) is 12.3 Å². The van der Waals surface area contributed by atoms with Crippen LogP contribution in [0.2, 0.25) is 5.02 Å². The highest BCUT2D eigenvalue weighted by molar-refractivity contribution is 7.89. The first kappa shape index (κ1) is 15.9. The Kier molecular flexibility index (Phi) is 5.71. The summed E-state index contributed by atoms with van der Waals surface area (Å²) in [5, 5.41) is 9.17. The normalized spacial score (nSPS) is 13.2. The smallest absolute Gasteiger partial charge is 0.321 e. The fourth-order valence-electron chi connectivity index (χ4n) is 1.44. The van der Waals surface area contributed by atoms with E-state index in [9.17, 15) is 13.2 Å². The number of hydrogen-bond donors (Lipinski definition) is 2. The van der Waals surface area contributed by atoms with Gasteiger partial charge in [0.2, 0.25) is 10.0 Å². The molecule has 1 atom stereocenters. The van der Waals surface area contributed by atoms with Gasteiger partial charge >= 0.3 is 5.97 Å². The van der Waals surface area contributed by atoms with Crippen molar-refractivity contribution >= 4 is 27.6 Å². The van der Waals surface area contributed by atoms with Crippen molar-refractivity contribution < 1.29 is 18.3 Å². The van der Waals surface area contributed by atoms with Gasteiger partial charge < -0.3 is 5.11 Å². The second-order valence-electron chi connectivity index (χ2n) is 3.99. The number of carboxylic acid groups (broad SMARTS) is 1. The summed E-state index contributed by atoms with van der Waals surface area (Å²) in [6, 6.07) is 0.0687. The number of nitrogens with zero attached hydrogens (tertiary/aromatic N) is 1. The number of aromatic nitrogens is 1. The third kappa shape index (κ3) is 4.77. The van der Waals surface area contributed by atoms with Crippen molar-refractivity contribution in [2.45, 2.75) is 37.1 Å². The number of pyridine rings is 1. The van der Waals surface area contributed by atoms with Crippen molar-refractivity contribution in [3.63, 3.8) is 0 Å². The monoisotopic (exact) mass is 306 g/mol. The van der Waals surface area contributed by atoms with Gasteiger partial charge in [-0.2, -0.15) is 4.72 Å². The maximum atomic E-state index is 12.0. The van der Waals surface area contributed by atoms with Gasteiger partial charge in [-0.1, -0.05) is 31.4 Å². The van der Waals surface area contributed by atoms with Crippen LogP contribution < -0.4 is 4.72 Å². The van der Waals surface area contributed by atoms with Crippen molar-refractivity contribution in [3.8, 4) is 0 Å². The second-order valence-corrected chi connectivity index (χ2v) is 6.14. The summed E-state index contributed by atoms with van der Waals surface area (Å²) in [5.41, 5.74) is 0. The molecule has 1 unspecified atom stereocenters. The quantitative estimate of drug-likeness (QED) is 0.798. The third-order valence-corrected chi connectivity index (χ3v) is 4.08. The first-order valence-electron chi connectivity index (χ1n) is 5.72. The summed E-state index contributed by atoms with van der Waals surface area (Å²) in [5.74, 6) is -1.20. The van der Waals surface area contributed by atoms with Gasteiger partial charge in [-0.3, -0.25) is 9.78 Å². The van der Waals surface area contributed by atoms with Crippen molar-refractivity contribution in [2.24, 2.45) is 0 Å². The van der Waals surface area contributed by atoms with E-state index in [4.69, 9.17) is 16.7 Å². The van der Waals surface area contributed by atoms with Crippen molar-refractivity contribution in [1.82, 2.24) is 9.71 Å². The van der Waals surface area contributed by atoms with Gasteiger partial charge in [0.15, 0.2) is 0 Å². The molecule has 0 amide bonds. The van der Waals surface area contributed by atoms with Crippen molar-refractivity contribution in [2.75, 3.05) is 0 Å². The average Bonchev–Trinajstić information content (AvgIpc) is 2.34. The molecule has 8 heteroatoms. The standard InChI is InChI=1S/C11H15ClN2O4S/c1-2-3-4-10(11(15)16)14-19(17,18)9-5-8(12)6-13-7-9/h5-7,10,14H,2-4H2,1H3,(H,15,16). The molecule has 0 saturated heterocycles. The van der Waals surface area contributed by atoms with Crippen LogP contribution in [-0.4, -0.2) is 30.5 Å². The Bertz CT molecular complexity index is 547. The van der Waals surface area contributed by atoms with Gasteiger partial charge in [0, 0.05) is 12.4 Å². The number of nitrogens with one attached hydrogen (secondary N) is 1. The third-order valence-electron chi connectivity index (χ3n) is 2.43. The molecular weight excluding hydrogens is 292 g/mol. The topological polar surface area (TPSA) is 96.4 Å². The first-order valence-corrected chi connectivity index (χ1v) is 7.58. The van der Waals surface area contributed by atoms with Crippen LogP contribution in [0.15, 0.2) is 23.4 Å². The lowest BCUT2D eigenvalue weighted by Crippen LogP contribution is -2.40. The molecular formula is C11H15ClN2O4S. The van der Waals surface area contributed by atoms with Crippen LogP contribution >= 0.6 is 11.6 Å². The summed E-state index contributed by atoms with van der Waals surface area (Å²) in [7, 11) is -3.94. The van der Waals surface area contributed by atoms with Gasteiger partial charge in [-0.15, -0.1) is 0 Å². The molecule has 1 heterocycles. The summed E-state index contributed by atoms with van der Waals surface area (Å²) < 4.78 is 26.1. The van der Waals surface area contributed by atoms with Gasteiger partial charge in [-0.25, -0.2) is 8.42 Å². The number of rotatable bonds is 7. The Labute approximate surface area is 116 Å². The minimum absolute atomic E-state index is 0.150. The molecule has 0 fully saturated rings. The van der Waals surface area contributed by atoms with Gasteiger partial charge in [0.25, 0.3) is 0 Å². The van der Waals surface area contributed by atoms with E-state index in [2.05, 4.69) is 9.71 Å². The van der Waals surface area contributed by atoms with E-state index in [0.717, 1.165) is 12.6 Å². The zero-order valence-corrected chi connectivity index (χ0v) is 11.9. The predicted molar refractivity (Wildman–Crippen MR) is 70.5 cm³/mol. The highest BCUT2D eigenvalue weighted by Gasteiger charge is 2.25. The summed E-state index contributed by atoms with van der Waals surface area (Å²) in [4.78, 5) is 14.5. The Balaban J connectivity index is 2.91. The maximum Gasteiger partial charge on any atom is 0.321 e. The van der Waals surface area contributed by atoms with Crippen LogP contribution in [0.4, 0.5) is 0 Å². The van der Waals surface area contributed by atoms with Crippen LogP contribution in [-0.2, 0) is 14.8 Å². The van der Waals surface area contributed by atoms with E-state index in [1.54, 1.807) is 0 Å². The maximum absolute atomic E-state index is 12.0. The molecule has 0 aliphatic rings. The Morgan fingerprint density at radius 2 is 2.21 bits per heavy atom. The van der Waals surface area contributed by atoms with Crippen molar-refractivity contribution in [1.29, 1.82) is 0 Å². The van der Waals surface area contributed by atoms with Crippen LogP contribution in [0, 0.1) is 0 Å². The molecule has 0 aromatic carbocycles. The van der Waals surface area contributed by atoms with Crippen LogP contribution in [0.3, 0.4) is 0 Å². The zero-order valence-electron chi connectivity index (χ0n) is 10.3. The number of halogens is 1. The molecule has 0 bridgehead atoms. The van der Waals surface area contributed by atoms with Gasteiger partial charge in [0.1, 0.15) is 10.9 Å². The van der Waals surface area contributed by atoms with Crippen LogP contribution in [0.5, 0.6) is 0 Å². The molecule has 0 aliphatic heterocycles. The highest BCUT2D eigenvalue weighted by atomic mass is 35.5. The molecule has 6 nitrogen and oxygen atoms in total. The number of carbonyl (C=O) groups is 1. The Hall–Kier alpha value is -1.18. The molecule has 0 spiro atoms. The molecule has 1 aromatic rings. The SMILES string of the molecule is CCCCC(NS(=O)(=O)c1cncc(Cl)c1)C(=O)O. The molecule has 1 aromatic heterocycles. The highest BCUT2D eigenvalue weighted by Crippen LogP contribution is 2.14. The van der Waals surface area contributed by atoms with Crippen LogP contribution in [0.1, 0.15) is 26.2 Å². The van der Waals surface area contributed by atoms with E-state index >= 15 is 0 Å². The first-order chi connectivity index (χ1) is 8.86. The molecule has 19 heavy (non-hydrogen) atoms. The van der Waals surface area contributed by atoms with E-state index < -0.39 is 22.0 Å². The second kappa shape index (κ2) is 6.83. The number of sulfonamides is 1. The number of hydrogen-bond acceptors (Lipinski definition) is 4. The molecule has 2 N–H and O–H groups in total. The minimum atomic E-state index is -3.94. The lowest BCUT2D eigenvalue weighted by Gasteiger charge is -2.14.